The third-order valence-corrected chi connectivity index (χ3v) is 4.08. The Balaban J connectivity index is 1.94. The molecule has 0 spiro atoms. The number of halogens is 1. The largest absolute Gasteiger partial charge is 0.444 e. The van der Waals surface area contributed by atoms with Gasteiger partial charge in [-0.2, -0.15) is 0 Å². The number of carbonyl (C=O) groups excluding carboxylic acids is 1. The number of piperazine rings is 1. The van der Waals surface area contributed by atoms with Gasteiger partial charge in [-0.3, -0.25) is 0 Å². The van der Waals surface area contributed by atoms with Crippen molar-refractivity contribution in [2.45, 2.75) is 33.3 Å². The summed E-state index contributed by atoms with van der Waals surface area (Å²) >= 11 is 3.46. The first-order valence-electron chi connectivity index (χ1n) is 7.12. The third kappa shape index (κ3) is 4.33. The molecule has 0 bridgehead atoms. The monoisotopic (exact) mass is 355 g/mol. The van der Waals surface area contributed by atoms with E-state index in [2.05, 4.69) is 25.8 Å². The standard InChI is InChI=1S/C15H22BrN3O2/c1-11-5-6-12(17-13(11)16)18-7-9-19(10-8-18)14(20)21-15(2,3)4/h5-6H,7-10H2,1-4H3. The first-order valence-corrected chi connectivity index (χ1v) is 7.91. The van der Waals surface area contributed by atoms with Crippen molar-refractivity contribution in [2.75, 3.05) is 31.1 Å². The predicted molar refractivity (Wildman–Crippen MR) is 86.7 cm³/mol. The predicted octanol–water partition coefficient (Wildman–Crippen LogP) is 3.21. The summed E-state index contributed by atoms with van der Waals surface area (Å²) in [6.45, 7) is 10.5. The molecule has 1 saturated heterocycles. The van der Waals surface area contributed by atoms with Crippen molar-refractivity contribution in [1.82, 2.24) is 9.88 Å². The number of aryl methyl sites for hydroxylation is 1. The molecular weight excluding hydrogens is 334 g/mol. The number of aromatic nitrogens is 1. The van der Waals surface area contributed by atoms with Crippen LogP contribution in [0.1, 0.15) is 26.3 Å². The van der Waals surface area contributed by atoms with Crippen LogP contribution < -0.4 is 4.90 Å². The molecule has 0 atom stereocenters. The van der Waals surface area contributed by atoms with Gasteiger partial charge in [0.25, 0.3) is 0 Å². The fourth-order valence-corrected chi connectivity index (χ4v) is 2.43. The van der Waals surface area contributed by atoms with Crippen LogP contribution >= 0.6 is 15.9 Å². The number of anilines is 1. The Bertz CT molecular complexity index is 520. The zero-order valence-electron chi connectivity index (χ0n) is 13.0. The number of rotatable bonds is 1. The summed E-state index contributed by atoms with van der Waals surface area (Å²) in [5, 5.41) is 0. The van der Waals surface area contributed by atoms with E-state index < -0.39 is 5.60 Å². The summed E-state index contributed by atoms with van der Waals surface area (Å²) in [5.41, 5.74) is 0.670. The Morgan fingerprint density at radius 1 is 1.24 bits per heavy atom. The van der Waals surface area contributed by atoms with E-state index >= 15 is 0 Å². The topological polar surface area (TPSA) is 45.7 Å². The van der Waals surface area contributed by atoms with E-state index in [1.165, 1.54) is 0 Å². The number of nitrogens with zero attached hydrogens (tertiary/aromatic N) is 3. The van der Waals surface area contributed by atoms with Crippen LogP contribution in [0, 0.1) is 6.92 Å². The van der Waals surface area contributed by atoms with E-state index in [0.29, 0.717) is 13.1 Å². The average Bonchev–Trinajstić information content (AvgIpc) is 2.40. The number of pyridine rings is 1. The van der Waals surface area contributed by atoms with Crippen LogP contribution in [-0.4, -0.2) is 47.8 Å². The average molecular weight is 356 g/mol. The van der Waals surface area contributed by atoms with Gasteiger partial charge in [0, 0.05) is 26.2 Å². The zero-order valence-corrected chi connectivity index (χ0v) is 14.6. The first kappa shape index (κ1) is 16.1. The fourth-order valence-electron chi connectivity index (χ4n) is 2.12. The van der Waals surface area contributed by atoms with Crippen LogP contribution in [0.15, 0.2) is 16.7 Å². The second kappa shape index (κ2) is 6.22. The van der Waals surface area contributed by atoms with Gasteiger partial charge in [-0.1, -0.05) is 6.07 Å². The minimum absolute atomic E-state index is 0.236. The normalized spacial score (nSPS) is 16.0. The lowest BCUT2D eigenvalue weighted by atomic mass is 10.2. The molecule has 0 aliphatic carbocycles. The molecule has 1 fully saturated rings. The summed E-state index contributed by atoms with van der Waals surface area (Å²) < 4.78 is 6.27. The van der Waals surface area contributed by atoms with Crippen molar-refractivity contribution in [3.63, 3.8) is 0 Å². The number of carbonyl (C=O) groups is 1. The molecule has 1 aliphatic rings. The lowest BCUT2D eigenvalue weighted by Gasteiger charge is -2.36. The summed E-state index contributed by atoms with van der Waals surface area (Å²) in [7, 11) is 0. The lowest BCUT2D eigenvalue weighted by molar-refractivity contribution is 0.0240. The highest BCUT2D eigenvalue weighted by atomic mass is 79.9. The van der Waals surface area contributed by atoms with Gasteiger partial charge in [-0.15, -0.1) is 0 Å². The molecule has 0 aromatic carbocycles. The molecule has 116 valence electrons. The molecular formula is C15H22BrN3O2. The number of amides is 1. The maximum absolute atomic E-state index is 12.0. The Morgan fingerprint density at radius 2 is 1.86 bits per heavy atom. The molecule has 0 radical (unpaired) electrons. The second-order valence-electron chi connectivity index (χ2n) is 6.23. The molecule has 1 amide bonds. The van der Waals surface area contributed by atoms with Crippen molar-refractivity contribution >= 4 is 27.8 Å². The van der Waals surface area contributed by atoms with Crippen molar-refractivity contribution in [2.24, 2.45) is 0 Å². The minimum atomic E-state index is -0.447. The van der Waals surface area contributed by atoms with Gasteiger partial charge in [-0.05, 0) is 55.3 Å². The quantitative estimate of drug-likeness (QED) is 0.725. The highest BCUT2D eigenvalue weighted by molar-refractivity contribution is 9.10. The van der Waals surface area contributed by atoms with Crippen molar-refractivity contribution in [1.29, 1.82) is 0 Å². The Morgan fingerprint density at radius 3 is 2.38 bits per heavy atom. The minimum Gasteiger partial charge on any atom is -0.444 e. The van der Waals surface area contributed by atoms with E-state index in [1.807, 2.05) is 39.8 Å². The highest BCUT2D eigenvalue weighted by Gasteiger charge is 2.26. The van der Waals surface area contributed by atoms with Gasteiger partial charge < -0.3 is 14.5 Å². The van der Waals surface area contributed by atoms with E-state index in [-0.39, 0.29) is 6.09 Å². The Labute approximate surface area is 134 Å². The summed E-state index contributed by atoms with van der Waals surface area (Å²) in [5.74, 6) is 0.941. The highest BCUT2D eigenvalue weighted by Crippen LogP contribution is 2.20. The Kier molecular flexibility index (Phi) is 4.76. The van der Waals surface area contributed by atoms with Gasteiger partial charge in [-0.25, -0.2) is 9.78 Å². The van der Waals surface area contributed by atoms with Crippen LogP contribution in [0.4, 0.5) is 10.6 Å². The zero-order chi connectivity index (χ0) is 15.6. The van der Waals surface area contributed by atoms with Gasteiger partial charge in [0.15, 0.2) is 0 Å². The molecule has 21 heavy (non-hydrogen) atoms. The van der Waals surface area contributed by atoms with Gasteiger partial charge in [0.1, 0.15) is 16.0 Å². The summed E-state index contributed by atoms with van der Waals surface area (Å²) in [6.07, 6.45) is -0.236. The van der Waals surface area contributed by atoms with E-state index in [1.54, 1.807) is 4.90 Å². The molecule has 6 heteroatoms. The molecule has 0 unspecified atom stereocenters. The lowest BCUT2D eigenvalue weighted by Crippen LogP contribution is -2.50. The van der Waals surface area contributed by atoms with Crippen molar-refractivity contribution in [3.05, 3.63) is 22.3 Å². The van der Waals surface area contributed by atoms with Crippen molar-refractivity contribution in [3.8, 4) is 0 Å². The van der Waals surface area contributed by atoms with Crippen LogP contribution in [0.25, 0.3) is 0 Å². The maximum Gasteiger partial charge on any atom is 0.410 e. The first-order chi connectivity index (χ1) is 9.76. The van der Waals surface area contributed by atoms with Crippen LogP contribution in [0.2, 0.25) is 0 Å². The molecule has 2 heterocycles. The Hall–Kier alpha value is -1.30. The van der Waals surface area contributed by atoms with Crippen LogP contribution in [0.3, 0.4) is 0 Å². The van der Waals surface area contributed by atoms with E-state index in [0.717, 1.165) is 29.1 Å². The van der Waals surface area contributed by atoms with E-state index in [4.69, 9.17) is 4.74 Å². The number of hydrogen-bond acceptors (Lipinski definition) is 4. The van der Waals surface area contributed by atoms with Crippen LogP contribution in [0.5, 0.6) is 0 Å². The fraction of sp³-hybridized carbons (Fsp3) is 0.600. The number of hydrogen-bond donors (Lipinski definition) is 0. The van der Waals surface area contributed by atoms with Gasteiger partial charge in [0.2, 0.25) is 0 Å². The number of ether oxygens (including phenoxy) is 1. The molecule has 0 saturated carbocycles. The smallest absolute Gasteiger partial charge is 0.410 e. The van der Waals surface area contributed by atoms with Crippen molar-refractivity contribution < 1.29 is 9.53 Å². The summed E-state index contributed by atoms with van der Waals surface area (Å²) in [4.78, 5) is 20.5. The molecule has 2 rings (SSSR count). The maximum atomic E-state index is 12.0. The second-order valence-corrected chi connectivity index (χ2v) is 6.98. The molecule has 5 nitrogen and oxygen atoms in total. The van der Waals surface area contributed by atoms with E-state index in [9.17, 15) is 4.79 Å². The molecule has 0 N–H and O–H groups in total. The molecule has 1 aromatic rings. The third-order valence-electron chi connectivity index (χ3n) is 3.28. The van der Waals surface area contributed by atoms with Gasteiger partial charge >= 0.3 is 6.09 Å². The molecule has 1 aliphatic heterocycles. The van der Waals surface area contributed by atoms with Gasteiger partial charge in [0.05, 0.1) is 0 Å². The van der Waals surface area contributed by atoms with Crippen LogP contribution in [-0.2, 0) is 4.74 Å². The SMILES string of the molecule is Cc1ccc(N2CCN(C(=O)OC(C)(C)C)CC2)nc1Br. The molecule has 1 aromatic heterocycles. The summed E-state index contributed by atoms with van der Waals surface area (Å²) in [6, 6.07) is 4.07.